The summed E-state index contributed by atoms with van der Waals surface area (Å²) in [6.45, 7) is 0. The molecule has 2 rings (SSSR count). The van der Waals surface area contributed by atoms with Crippen LogP contribution in [0.15, 0.2) is 22.8 Å². The Kier molecular flexibility index (Phi) is 2.39. The van der Waals surface area contributed by atoms with Gasteiger partial charge in [-0.1, -0.05) is 0 Å². The van der Waals surface area contributed by atoms with Gasteiger partial charge in [-0.25, -0.2) is 0 Å². The van der Waals surface area contributed by atoms with Crippen LogP contribution in [0.4, 0.5) is 0 Å². The van der Waals surface area contributed by atoms with Crippen molar-refractivity contribution in [2.45, 2.75) is 6.04 Å². The van der Waals surface area contributed by atoms with Crippen LogP contribution in [0.3, 0.4) is 0 Å². The molecule has 1 amide bonds. The molecule has 1 aliphatic rings. The molecule has 15 heavy (non-hydrogen) atoms. The van der Waals surface area contributed by atoms with Crippen LogP contribution in [0, 0.1) is 17.2 Å². The number of amides is 1. The Morgan fingerprint density at radius 2 is 2.40 bits per heavy atom. The van der Waals surface area contributed by atoms with Gasteiger partial charge in [0.05, 0.1) is 12.3 Å². The number of hydrogen-bond donors (Lipinski definition) is 2. The van der Waals surface area contributed by atoms with E-state index in [4.69, 9.17) is 21.9 Å². The second-order valence-corrected chi connectivity index (χ2v) is 3.47. The number of thiocarbonyl (C=S) groups is 1. The van der Waals surface area contributed by atoms with Crippen LogP contribution in [-0.2, 0) is 4.79 Å². The first-order chi connectivity index (χ1) is 7.22. The third kappa shape index (κ3) is 1.69. The Bertz CT molecular complexity index is 435. The number of nitrogens with one attached hydrogen (secondary N) is 2. The summed E-state index contributed by atoms with van der Waals surface area (Å²) in [5.74, 6) is -0.704. The summed E-state index contributed by atoms with van der Waals surface area (Å²) in [4.78, 5) is 11.4. The fourth-order valence-corrected chi connectivity index (χ4v) is 1.67. The number of rotatable bonds is 1. The quantitative estimate of drug-likeness (QED) is 0.674. The number of hydrogen-bond acceptors (Lipinski definition) is 4. The van der Waals surface area contributed by atoms with Crippen LogP contribution in [0.1, 0.15) is 11.8 Å². The lowest BCUT2D eigenvalue weighted by atomic mass is 9.97. The van der Waals surface area contributed by atoms with Gasteiger partial charge in [-0.3, -0.25) is 4.79 Å². The van der Waals surface area contributed by atoms with Gasteiger partial charge < -0.3 is 15.1 Å². The van der Waals surface area contributed by atoms with Crippen molar-refractivity contribution in [1.82, 2.24) is 10.6 Å². The molecule has 76 valence electrons. The third-order valence-corrected chi connectivity index (χ3v) is 2.35. The lowest BCUT2D eigenvalue weighted by molar-refractivity contribution is -0.123. The lowest BCUT2D eigenvalue weighted by Gasteiger charge is -2.27. The molecule has 0 spiro atoms. The summed E-state index contributed by atoms with van der Waals surface area (Å²) >= 11 is 4.84. The Labute approximate surface area is 91.1 Å². The van der Waals surface area contributed by atoms with Gasteiger partial charge in [-0.05, 0) is 24.4 Å². The largest absolute Gasteiger partial charge is 0.467 e. The van der Waals surface area contributed by atoms with Crippen LogP contribution in [0.2, 0.25) is 0 Å². The minimum atomic E-state index is -0.831. The highest BCUT2D eigenvalue weighted by molar-refractivity contribution is 7.80. The molecule has 5 nitrogen and oxygen atoms in total. The molecule has 0 unspecified atom stereocenters. The molecular weight excluding hydrogens is 214 g/mol. The van der Waals surface area contributed by atoms with E-state index in [1.165, 1.54) is 6.26 Å². The highest BCUT2D eigenvalue weighted by Gasteiger charge is 2.36. The van der Waals surface area contributed by atoms with Crippen molar-refractivity contribution in [2.75, 3.05) is 0 Å². The third-order valence-electron chi connectivity index (χ3n) is 2.13. The molecule has 1 aliphatic heterocycles. The SMILES string of the molecule is N#C[C@H]1C(=O)NC(=S)N[C@H]1c1ccco1. The molecule has 0 radical (unpaired) electrons. The maximum Gasteiger partial charge on any atom is 0.246 e. The van der Waals surface area contributed by atoms with Gasteiger partial charge in [0.1, 0.15) is 11.8 Å². The second kappa shape index (κ2) is 3.71. The van der Waals surface area contributed by atoms with Gasteiger partial charge >= 0.3 is 0 Å². The van der Waals surface area contributed by atoms with E-state index in [-0.39, 0.29) is 5.11 Å². The van der Waals surface area contributed by atoms with Crippen molar-refractivity contribution < 1.29 is 9.21 Å². The Balaban J connectivity index is 2.32. The second-order valence-electron chi connectivity index (χ2n) is 3.06. The summed E-state index contributed by atoms with van der Waals surface area (Å²) in [5.41, 5.74) is 0. The first kappa shape index (κ1) is 9.68. The molecule has 1 fully saturated rings. The topological polar surface area (TPSA) is 78.1 Å². The van der Waals surface area contributed by atoms with Gasteiger partial charge in [0, 0.05) is 0 Å². The minimum absolute atomic E-state index is 0.216. The Hall–Kier alpha value is -1.87. The first-order valence-corrected chi connectivity index (χ1v) is 4.67. The Morgan fingerprint density at radius 1 is 1.60 bits per heavy atom. The zero-order valence-corrected chi connectivity index (χ0v) is 8.38. The van der Waals surface area contributed by atoms with Crippen LogP contribution in [-0.4, -0.2) is 11.0 Å². The van der Waals surface area contributed by atoms with Gasteiger partial charge in [-0.2, -0.15) is 5.26 Å². The van der Waals surface area contributed by atoms with Crippen molar-refractivity contribution in [2.24, 2.45) is 5.92 Å². The highest BCUT2D eigenvalue weighted by Crippen LogP contribution is 2.24. The van der Waals surface area contributed by atoms with E-state index in [1.807, 2.05) is 6.07 Å². The number of nitriles is 1. The van der Waals surface area contributed by atoms with Crippen LogP contribution >= 0.6 is 12.2 Å². The molecule has 1 aromatic heterocycles. The smallest absolute Gasteiger partial charge is 0.246 e. The normalized spacial score (nSPS) is 25.3. The van der Waals surface area contributed by atoms with Gasteiger partial charge in [0.15, 0.2) is 11.0 Å². The Morgan fingerprint density at radius 3 is 3.00 bits per heavy atom. The summed E-state index contributed by atoms with van der Waals surface area (Å²) in [6, 6.07) is 4.80. The standard InChI is InChI=1S/C9H7N3O2S/c10-4-5-7(6-2-1-3-14-6)11-9(15)12-8(5)13/h1-3,5,7H,(H2,11,12,13,15)/t5-,7-/m1/s1. The maximum absolute atomic E-state index is 11.4. The molecular formula is C9H7N3O2S. The zero-order chi connectivity index (χ0) is 10.8. The molecule has 2 heterocycles. The van der Waals surface area contributed by atoms with Gasteiger partial charge in [0.25, 0.3) is 0 Å². The van der Waals surface area contributed by atoms with Crippen LogP contribution in [0.25, 0.3) is 0 Å². The lowest BCUT2D eigenvalue weighted by Crippen LogP contribution is -2.53. The van der Waals surface area contributed by atoms with E-state index in [9.17, 15) is 4.79 Å². The summed E-state index contributed by atoms with van der Waals surface area (Å²) < 4.78 is 5.15. The number of nitrogens with zero attached hydrogens (tertiary/aromatic N) is 1. The summed E-state index contributed by atoms with van der Waals surface area (Å²) in [7, 11) is 0. The van der Waals surface area contributed by atoms with Gasteiger partial charge in [-0.15, -0.1) is 0 Å². The maximum atomic E-state index is 11.4. The average Bonchev–Trinajstić information content (AvgIpc) is 2.69. The molecule has 0 aromatic carbocycles. The zero-order valence-electron chi connectivity index (χ0n) is 7.56. The predicted molar refractivity (Wildman–Crippen MR) is 54.4 cm³/mol. The number of carbonyl (C=O) groups is 1. The van der Waals surface area contributed by atoms with E-state index < -0.39 is 17.9 Å². The van der Waals surface area contributed by atoms with E-state index in [0.717, 1.165) is 0 Å². The summed E-state index contributed by atoms with van der Waals surface area (Å²) in [6.07, 6.45) is 1.49. The fraction of sp³-hybridized carbons (Fsp3) is 0.222. The minimum Gasteiger partial charge on any atom is -0.467 e. The molecule has 1 aromatic rings. The van der Waals surface area contributed by atoms with Crippen molar-refractivity contribution >= 4 is 23.2 Å². The monoisotopic (exact) mass is 221 g/mol. The highest BCUT2D eigenvalue weighted by atomic mass is 32.1. The first-order valence-electron chi connectivity index (χ1n) is 4.27. The van der Waals surface area contributed by atoms with Crippen molar-refractivity contribution in [3.63, 3.8) is 0 Å². The van der Waals surface area contributed by atoms with E-state index >= 15 is 0 Å². The molecule has 6 heteroatoms. The van der Waals surface area contributed by atoms with Crippen LogP contribution in [0.5, 0.6) is 0 Å². The molecule has 2 N–H and O–H groups in total. The van der Waals surface area contributed by atoms with Gasteiger partial charge in [0.2, 0.25) is 5.91 Å². The van der Waals surface area contributed by atoms with E-state index in [1.54, 1.807) is 12.1 Å². The van der Waals surface area contributed by atoms with Crippen LogP contribution < -0.4 is 10.6 Å². The fourth-order valence-electron chi connectivity index (χ4n) is 1.44. The molecule has 0 aliphatic carbocycles. The number of furan rings is 1. The molecule has 0 saturated carbocycles. The molecule has 2 atom stereocenters. The van der Waals surface area contributed by atoms with E-state index in [0.29, 0.717) is 5.76 Å². The molecule has 1 saturated heterocycles. The number of carbonyl (C=O) groups excluding carboxylic acids is 1. The molecule has 0 bridgehead atoms. The van der Waals surface area contributed by atoms with Crippen molar-refractivity contribution in [1.29, 1.82) is 5.26 Å². The van der Waals surface area contributed by atoms with Crippen molar-refractivity contribution in [3.8, 4) is 6.07 Å². The van der Waals surface area contributed by atoms with E-state index in [2.05, 4.69) is 10.6 Å². The predicted octanol–water partition coefficient (Wildman–Crippen LogP) is 0.465. The average molecular weight is 221 g/mol. The van der Waals surface area contributed by atoms with Crippen molar-refractivity contribution in [3.05, 3.63) is 24.2 Å². The summed E-state index contributed by atoms with van der Waals surface area (Å²) in [5, 5.41) is 14.3.